The fourth-order valence-corrected chi connectivity index (χ4v) is 6.53. The lowest BCUT2D eigenvalue weighted by Gasteiger charge is -2.41. The molecule has 0 spiro atoms. The molecule has 0 amide bonds. The first-order valence-corrected chi connectivity index (χ1v) is 12.9. The van der Waals surface area contributed by atoms with Crippen LogP contribution in [0, 0.1) is 0 Å². The summed E-state index contributed by atoms with van der Waals surface area (Å²) < 4.78 is 18.1. The SMILES string of the molecule is O=C1C(O)=C[C@@]2([C@H]3Oc4cc(O)cc(O)c4C[C@H]3O)Oc3c(O)c(O)cc([C@H]4Oc5cc(O)cc(O)c5C[C@H]4O)c3[C@@H]12. The van der Waals surface area contributed by atoms with E-state index >= 15 is 0 Å². The maximum atomic E-state index is 13.5. The first kappa shape index (κ1) is 25.9. The number of aromatic hydroxyl groups is 6. The zero-order valence-corrected chi connectivity index (χ0v) is 21.4. The van der Waals surface area contributed by atoms with Gasteiger partial charge in [-0.3, -0.25) is 4.79 Å². The van der Waals surface area contributed by atoms with Crippen LogP contribution in [0.25, 0.3) is 0 Å². The van der Waals surface area contributed by atoms with E-state index in [0.29, 0.717) is 0 Å². The lowest BCUT2D eigenvalue weighted by molar-refractivity contribution is -0.125. The average molecular weight is 580 g/mol. The number of allylic oxidation sites excluding steroid dienone is 1. The fourth-order valence-electron chi connectivity index (χ4n) is 6.53. The van der Waals surface area contributed by atoms with E-state index in [1.54, 1.807) is 0 Å². The Balaban J connectivity index is 1.38. The number of aliphatic hydroxyl groups excluding tert-OH is 3. The molecule has 13 nitrogen and oxygen atoms in total. The van der Waals surface area contributed by atoms with Crippen molar-refractivity contribution in [3.8, 4) is 51.7 Å². The van der Waals surface area contributed by atoms with Crippen molar-refractivity contribution in [1.29, 1.82) is 0 Å². The molecule has 3 aromatic rings. The third-order valence-corrected chi connectivity index (χ3v) is 8.33. The molecule has 7 rings (SSSR count). The second-order valence-corrected chi connectivity index (χ2v) is 10.9. The monoisotopic (exact) mass is 580 g/mol. The van der Waals surface area contributed by atoms with Gasteiger partial charge < -0.3 is 60.2 Å². The predicted octanol–water partition coefficient (Wildman–Crippen LogP) is 1.56. The number of ketones is 1. The average Bonchev–Trinajstić information content (AvgIpc) is 3.38. The Morgan fingerprint density at radius 1 is 0.738 bits per heavy atom. The van der Waals surface area contributed by atoms with Crippen LogP contribution in [0.5, 0.6) is 51.7 Å². The molecule has 3 aromatic carbocycles. The summed E-state index contributed by atoms with van der Waals surface area (Å²) in [6.07, 6.45) is -4.87. The number of hydrogen-bond donors (Lipinski definition) is 9. The summed E-state index contributed by atoms with van der Waals surface area (Å²) >= 11 is 0. The fraction of sp³-hybridized carbons (Fsp3) is 0.276. The topological polar surface area (TPSA) is 227 Å². The van der Waals surface area contributed by atoms with Crippen LogP contribution in [-0.4, -0.2) is 75.7 Å². The summed E-state index contributed by atoms with van der Waals surface area (Å²) in [5.41, 5.74) is -1.67. The molecule has 9 N–H and O–H groups in total. The minimum Gasteiger partial charge on any atom is -0.508 e. The molecule has 0 saturated carbocycles. The van der Waals surface area contributed by atoms with Crippen LogP contribution in [0.4, 0.5) is 0 Å². The molecular formula is C29H24O13. The van der Waals surface area contributed by atoms with E-state index in [1.165, 1.54) is 12.1 Å². The second-order valence-electron chi connectivity index (χ2n) is 10.9. The number of phenols is 6. The lowest BCUT2D eigenvalue weighted by Crippen LogP contribution is -2.57. The normalized spacial score (nSPS) is 28.9. The Hall–Kier alpha value is -5.01. The van der Waals surface area contributed by atoms with Gasteiger partial charge in [-0.25, -0.2) is 0 Å². The molecule has 1 aliphatic carbocycles. The number of Topliss-reactive ketones (excluding diaryl/α,β-unsaturated/α-hetero) is 1. The van der Waals surface area contributed by atoms with Gasteiger partial charge in [-0.2, -0.15) is 0 Å². The van der Waals surface area contributed by atoms with Gasteiger partial charge in [0, 0.05) is 65.4 Å². The number of carbonyl (C=O) groups excluding carboxylic acids is 1. The van der Waals surface area contributed by atoms with Crippen molar-refractivity contribution in [3.63, 3.8) is 0 Å². The van der Waals surface area contributed by atoms with Gasteiger partial charge in [-0.05, 0) is 6.07 Å². The van der Waals surface area contributed by atoms with E-state index in [-0.39, 0.29) is 75.3 Å². The number of rotatable bonds is 2. The van der Waals surface area contributed by atoms with Gasteiger partial charge in [-0.15, -0.1) is 0 Å². The molecule has 13 heteroatoms. The summed E-state index contributed by atoms with van der Waals surface area (Å²) in [7, 11) is 0. The van der Waals surface area contributed by atoms with E-state index < -0.39 is 59.0 Å². The quantitative estimate of drug-likeness (QED) is 0.196. The lowest BCUT2D eigenvalue weighted by atomic mass is 9.76. The van der Waals surface area contributed by atoms with Crippen molar-refractivity contribution < 1.29 is 65.0 Å². The van der Waals surface area contributed by atoms with Crippen LogP contribution < -0.4 is 14.2 Å². The highest BCUT2D eigenvalue weighted by Gasteiger charge is 2.66. The minimum atomic E-state index is -1.99. The van der Waals surface area contributed by atoms with E-state index in [2.05, 4.69) is 0 Å². The molecule has 0 radical (unpaired) electrons. The van der Waals surface area contributed by atoms with Crippen molar-refractivity contribution in [2.24, 2.45) is 0 Å². The standard InChI is InChI=1S/C29H24O13/c30-9-1-14(32)11-5-17(35)26(40-20(11)3-9)13-7-16(34)25(39)27-22(13)23-24(38)19(37)8-29(23,42-27)28-18(36)6-12-15(33)2-10(31)4-21(12)41-28/h1-4,7-8,17-18,23,26,28,30-37,39H,5-6H2/t17-,18-,23+,26-,28+,29-/m1/s1. The highest BCUT2D eigenvalue weighted by atomic mass is 16.6. The van der Waals surface area contributed by atoms with Crippen LogP contribution in [0.1, 0.15) is 34.3 Å². The number of ether oxygens (including phenoxy) is 3. The Morgan fingerprint density at radius 3 is 1.98 bits per heavy atom. The van der Waals surface area contributed by atoms with Crippen LogP contribution >= 0.6 is 0 Å². The zero-order valence-electron chi connectivity index (χ0n) is 21.4. The molecular weight excluding hydrogens is 556 g/mol. The Morgan fingerprint density at radius 2 is 1.33 bits per heavy atom. The van der Waals surface area contributed by atoms with Gasteiger partial charge in [0.2, 0.25) is 11.5 Å². The predicted molar refractivity (Wildman–Crippen MR) is 138 cm³/mol. The minimum absolute atomic E-state index is 0.00871. The molecule has 0 saturated heterocycles. The molecule has 42 heavy (non-hydrogen) atoms. The van der Waals surface area contributed by atoms with Gasteiger partial charge >= 0.3 is 0 Å². The Bertz CT molecular complexity index is 1730. The van der Waals surface area contributed by atoms with Crippen LogP contribution in [-0.2, 0) is 17.6 Å². The number of hydrogen-bond acceptors (Lipinski definition) is 13. The zero-order chi connectivity index (χ0) is 29.8. The van der Waals surface area contributed by atoms with Crippen LogP contribution in [0.2, 0.25) is 0 Å². The first-order chi connectivity index (χ1) is 19.9. The van der Waals surface area contributed by atoms with Crippen LogP contribution in [0.3, 0.4) is 0 Å². The highest BCUT2D eigenvalue weighted by Crippen LogP contribution is 2.61. The summed E-state index contributed by atoms with van der Waals surface area (Å²) in [5, 5.41) is 94.9. The van der Waals surface area contributed by atoms with E-state index in [9.17, 15) is 50.8 Å². The Kier molecular flexibility index (Phi) is 5.25. The largest absolute Gasteiger partial charge is 0.508 e. The van der Waals surface area contributed by atoms with Gasteiger partial charge in [0.1, 0.15) is 40.4 Å². The summed E-state index contributed by atoms with van der Waals surface area (Å²) in [6, 6.07) is 5.65. The van der Waals surface area contributed by atoms with Gasteiger partial charge in [0.25, 0.3) is 0 Å². The summed E-state index contributed by atoms with van der Waals surface area (Å²) in [4.78, 5) is 13.5. The smallest absolute Gasteiger partial charge is 0.209 e. The maximum absolute atomic E-state index is 13.5. The molecule has 3 aliphatic heterocycles. The number of carbonyl (C=O) groups is 1. The number of benzene rings is 3. The van der Waals surface area contributed by atoms with E-state index in [0.717, 1.165) is 24.3 Å². The molecule has 0 aromatic heterocycles. The third-order valence-electron chi connectivity index (χ3n) is 8.33. The van der Waals surface area contributed by atoms with Crippen molar-refractivity contribution in [2.75, 3.05) is 0 Å². The second kappa shape index (κ2) is 8.50. The summed E-state index contributed by atoms with van der Waals surface area (Å²) in [5.74, 6) is -6.20. The number of aliphatic hydroxyl groups is 3. The number of fused-ring (bicyclic) bond motifs is 5. The van der Waals surface area contributed by atoms with E-state index in [4.69, 9.17) is 14.2 Å². The van der Waals surface area contributed by atoms with Crippen molar-refractivity contribution in [2.45, 2.75) is 48.8 Å². The molecule has 0 unspecified atom stereocenters. The van der Waals surface area contributed by atoms with Crippen molar-refractivity contribution in [3.05, 3.63) is 64.4 Å². The van der Waals surface area contributed by atoms with Crippen molar-refractivity contribution >= 4 is 5.78 Å². The number of phenolic OH excluding ortho intramolecular Hbond substituents is 6. The highest BCUT2D eigenvalue weighted by molar-refractivity contribution is 6.05. The molecule has 0 fully saturated rings. The summed E-state index contributed by atoms with van der Waals surface area (Å²) in [6.45, 7) is 0. The van der Waals surface area contributed by atoms with Crippen molar-refractivity contribution in [1.82, 2.24) is 0 Å². The van der Waals surface area contributed by atoms with Gasteiger partial charge in [0.15, 0.2) is 35.1 Å². The molecule has 4 aliphatic rings. The van der Waals surface area contributed by atoms with Gasteiger partial charge in [-0.1, -0.05) is 0 Å². The van der Waals surface area contributed by atoms with E-state index in [1.807, 2.05) is 0 Å². The van der Waals surface area contributed by atoms with Crippen LogP contribution in [0.15, 0.2) is 42.2 Å². The molecule has 0 bridgehead atoms. The molecule has 3 heterocycles. The molecule has 218 valence electrons. The third kappa shape index (κ3) is 3.40. The maximum Gasteiger partial charge on any atom is 0.209 e. The first-order valence-electron chi connectivity index (χ1n) is 12.9. The molecule has 6 atom stereocenters. The van der Waals surface area contributed by atoms with Gasteiger partial charge in [0.05, 0.1) is 12.2 Å². The Labute approximate surface area is 235 Å².